The molecule has 0 aromatic heterocycles. The standard InChI is InChI=1S/C30H36O5/c1-17(2)7-10-20-13-22(14-21(29(20)34)11-8-18(3)4)27-16-26(33)28-25(32)15-24(31)23(30(28)35-27)12-9-19(5)6/h7-9,13-15,27,31-32,34H,10-12,16H2,1-6H3/t27-/m0/s1. The highest BCUT2D eigenvalue weighted by Crippen LogP contribution is 2.46. The van der Waals surface area contributed by atoms with Gasteiger partial charge in [0.1, 0.15) is 34.7 Å². The molecule has 1 aliphatic rings. The lowest BCUT2D eigenvalue weighted by atomic mass is 9.90. The fraction of sp³-hybridized carbons (Fsp3) is 0.367. The van der Waals surface area contributed by atoms with Gasteiger partial charge in [-0.1, -0.05) is 34.9 Å². The number of rotatable bonds is 7. The molecule has 0 spiro atoms. The fourth-order valence-corrected chi connectivity index (χ4v) is 4.13. The zero-order valence-corrected chi connectivity index (χ0v) is 21.5. The number of hydrogen-bond acceptors (Lipinski definition) is 5. The average Bonchev–Trinajstić information content (AvgIpc) is 2.76. The zero-order valence-electron chi connectivity index (χ0n) is 21.5. The van der Waals surface area contributed by atoms with Crippen LogP contribution in [0.25, 0.3) is 0 Å². The van der Waals surface area contributed by atoms with Crippen molar-refractivity contribution in [2.24, 2.45) is 0 Å². The number of phenols is 3. The molecule has 0 bridgehead atoms. The van der Waals surface area contributed by atoms with Gasteiger partial charge >= 0.3 is 0 Å². The fourth-order valence-electron chi connectivity index (χ4n) is 4.13. The molecular formula is C30H36O5. The molecule has 3 N–H and O–H groups in total. The van der Waals surface area contributed by atoms with E-state index in [2.05, 4.69) is 12.2 Å². The van der Waals surface area contributed by atoms with Crippen LogP contribution in [0.2, 0.25) is 0 Å². The number of ether oxygens (including phenoxy) is 1. The first kappa shape index (κ1) is 26.1. The molecule has 0 unspecified atom stereocenters. The van der Waals surface area contributed by atoms with Crippen LogP contribution < -0.4 is 4.74 Å². The molecule has 0 saturated carbocycles. The topological polar surface area (TPSA) is 87.0 Å². The molecule has 0 aliphatic carbocycles. The van der Waals surface area contributed by atoms with Crippen LogP contribution in [0.15, 0.2) is 53.1 Å². The smallest absolute Gasteiger partial charge is 0.174 e. The highest BCUT2D eigenvalue weighted by atomic mass is 16.5. The molecule has 1 atom stereocenters. The Morgan fingerprint density at radius 3 is 1.86 bits per heavy atom. The minimum atomic E-state index is -0.599. The van der Waals surface area contributed by atoms with Crippen LogP contribution in [0.4, 0.5) is 0 Å². The Kier molecular flexibility index (Phi) is 8.11. The van der Waals surface area contributed by atoms with Crippen LogP contribution in [0.3, 0.4) is 0 Å². The summed E-state index contributed by atoms with van der Waals surface area (Å²) in [4.78, 5) is 13.2. The van der Waals surface area contributed by atoms with Gasteiger partial charge in [-0.3, -0.25) is 4.79 Å². The second-order valence-corrected chi connectivity index (χ2v) is 9.98. The largest absolute Gasteiger partial charge is 0.507 e. The van der Waals surface area contributed by atoms with Crippen molar-refractivity contribution in [3.05, 3.63) is 81.0 Å². The van der Waals surface area contributed by atoms with Crippen LogP contribution >= 0.6 is 0 Å². The Bertz CT molecular complexity index is 1180. The summed E-state index contributed by atoms with van der Waals surface area (Å²) in [6, 6.07) is 4.99. The first-order valence-electron chi connectivity index (χ1n) is 12.0. The lowest BCUT2D eigenvalue weighted by Crippen LogP contribution is -2.22. The third-order valence-electron chi connectivity index (χ3n) is 6.09. The van der Waals surface area contributed by atoms with E-state index in [0.717, 1.165) is 33.4 Å². The maximum Gasteiger partial charge on any atom is 0.174 e. The molecular weight excluding hydrogens is 440 g/mol. The van der Waals surface area contributed by atoms with E-state index in [1.165, 1.54) is 6.07 Å². The van der Waals surface area contributed by atoms with Gasteiger partial charge < -0.3 is 20.1 Å². The second kappa shape index (κ2) is 10.9. The van der Waals surface area contributed by atoms with E-state index < -0.39 is 6.10 Å². The summed E-state index contributed by atoms with van der Waals surface area (Å²) in [5, 5.41) is 31.9. The van der Waals surface area contributed by atoms with Crippen molar-refractivity contribution in [1.82, 2.24) is 0 Å². The molecule has 0 amide bonds. The molecule has 0 saturated heterocycles. The van der Waals surface area contributed by atoms with Crippen molar-refractivity contribution < 1.29 is 24.9 Å². The van der Waals surface area contributed by atoms with Crippen molar-refractivity contribution in [2.45, 2.75) is 73.3 Å². The van der Waals surface area contributed by atoms with Gasteiger partial charge in [-0.2, -0.15) is 0 Å². The normalized spacial score (nSPS) is 14.6. The molecule has 0 radical (unpaired) electrons. The summed E-state index contributed by atoms with van der Waals surface area (Å²) in [5.74, 6) is -0.138. The van der Waals surface area contributed by atoms with Crippen molar-refractivity contribution in [3.8, 4) is 23.0 Å². The van der Waals surface area contributed by atoms with Gasteiger partial charge in [-0.05, 0) is 89.6 Å². The predicted octanol–water partition coefficient (Wildman–Crippen LogP) is 7.04. The number of aromatic hydroxyl groups is 3. The van der Waals surface area contributed by atoms with E-state index in [9.17, 15) is 20.1 Å². The van der Waals surface area contributed by atoms with E-state index in [1.807, 2.05) is 59.8 Å². The molecule has 3 rings (SSSR count). The molecule has 186 valence electrons. The Balaban J connectivity index is 2.11. The predicted molar refractivity (Wildman–Crippen MR) is 140 cm³/mol. The maximum atomic E-state index is 13.2. The second-order valence-electron chi connectivity index (χ2n) is 9.98. The van der Waals surface area contributed by atoms with Gasteiger partial charge in [-0.15, -0.1) is 0 Å². The van der Waals surface area contributed by atoms with Gasteiger partial charge in [0, 0.05) is 11.6 Å². The third-order valence-corrected chi connectivity index (χ3v) is 6.09. The highest BCUT2D eigenvalue weighted by molar-refractivity contribution is 6.03. The summed E-state index contributed by atoms with van der Waals surface area (Å²) in [6.45, 7) is 12.0. The number of allylic oxidation sites excluding steroid dienone is 6. The van der Waals surface area contributed by atoms with Gasteiger partial charge in [-0.25, -0.2) is 0 Å². The average molecular weight is 477 g/mol. The molecule has 1 aliphatic heterocycles. The van der Waals surface area contributed by atoms with Gasteiger partial charge in [0.05, 0.1) is 6.42 Å². The van der Waals surface area contributed by atoms with Crippen LogP contribution in [0.5, 0.6) is 23.0 Å². The number of Topliss-reactive ketones (excluding diaryl/α,β-unsaturated/α-hetero) is 1. The van der Waals surface area contributed by atoms with Crippen molar-refractivity contribution in [3.63, 3.8) is 0 Å². The minimum absolute atomic E-state index is 0.0579. The number of ketones is 1. The molecule has 5 nitrogen and oxygen atoms in total. The Morgan fingerprint density at radius 1 is 0.829 bits per heavy atom. The number of carbonyl (C=O) groups excluding carboxylic acids is 1. The zero-order chi connectivity index (χ0) is 25.9. The van der Waals surface area contributed by atoms with E-state index in [4.69, 9.17) is 4.74 Å². The molecule has 2 aromatic rings. The van der Waals surface area contributed by atoms with Crippen LogP contribution in [-0.2, 0) is 19.3 Å². The SMILES string of the molecule is CC(C)=CCc1cc([C@@H]2CC(=O)c3c(O)cc(O)c(CC=C(C)C)c3O2)cc(CC=C(C)C)c1O. The first-order valence-corrected chi connectivity index (χ1v) is 12.0. The molecule has 2 aromatic carbocycles. The Labute approximate surface area is 208 Å². The van der Waals surface area contributed by atoms with Gasteiger partial charge in [0.2, 0.25) is 0 Å². The summed E-state index contributed by atoms with van der Waals surface area (Å²) in [6.07, 6.45) is 7.02. The lowest BCUT2D eigenvalue weighted by molar-refractivity contribution is 0.0842. The number of carbonyl (C=O) groups is 1. The first-order chi connectivity index (χ1) is 16.5. The van der Waals surface area contributed by atoms with Gasteiger partial charge in [0.25, 0.3) is 0 Å². The van der Waals surface area contributed by atoms with Crippen LogP contribution in [0.1, 0.15) is 86.7 Å². The highest BCUT2D eigenvalue weighted by Gasteiger charge is 2.34. The Morgan fingerprint density at radius 2 is 1.34 bits per heavy atom. The Hall–Kier alpha value is -3.47. The van der Waals surface area contributed by atoms with Crippen LogP contribution in [0, 0.1) is 0 Å². The van der Waals surface area contributed by atoms with Gasteiger partial charge in [0.15, 0.2) is 5.78 Å². The quantitative estimate of drug-likeness (QED) is 0.373. The van der Waals surface area contributed by atoms with E-state index in [0.29, 0.717) is 24.8 Å². The third kappa shape index (κ3) is 6.16. The summed E-state index contributed by atoms with van der Waals surface area (Å²) in [7, 11) is 0. The number of phenolic OH excluding ortho intramolecular Hbond substituents is 3. The molecule has 35 heavy (non-hydrogen) atoms. The minimum Gasteiger partial charge on any atom is -0.507 e. The monoisotopic (exact) mass is 476 g/mol. The summed E-state index contributed by atoms with van der Waals surface area (Å²) >= 11 is 0. The number of hydrogen-bond donors (Lipinski definition) is 3. The summed E-state index contributed by atoms with van der Waals surface area (Å²) in [5.41, 5.74) is 6.28. The van der Waals surface area contributed by atoms with E-state index in [1.54, 1.807) is 0 Å². The van der Waals surface area contributed by atoms with Crippen molar-refractivity contribution in [2.75, 3.05) is 0 Å². The molecule has 1 heterocycles. The van der Waals surface area contributed by atoms with Crippen LogP contribution in [-0.4, -0.2) is 21.1 Å². The molecule has 0 fully saturated rings. The number of benzene rings is 2. The van der Waals surface area contributed by atoms with Crippen molar-refractivity contribution in [1.29, 1.82) is 0 Å². The lowest BCUT2D eigenvalue weighted by Gasteiger charge is -2.29. The van der Waals surface area contributed by atoms with Crippen molar-refractivity contribution >= 4 is 5.78 Å². The maximum absolute atomic E-state index is 13.2. The van der Waals surface area contributed by atoms with E-state index >= 15 is 0 Å². The molecule has 5 heteroatoms. The summed E-state index contributed by atoms with van der Waals surface area (Å²) < 4.78 is 6.33. The van der Waals surface area contributed by atoms with E-state index in [-0.39, 0.29) is 40.8 Å². The number of fused-ring (bicyclic) bond motifs is 1.